The van der Waals surface area contributed by atoms with Crippen LogP contribution in [0.3, 0.4) is 0 Å². The smallest absolute Gasteiger partial charge is 0.259 e. The van der Waals surface area contributed by atoms with Gasteiger partial charge in [0.2, 0.25) is 5.91 Å². The maximum atomic E-state index is 13.0. The van der Waals surface area contributed by atoms with E-state index in [0.717, 1.165) is 75.5 Å². The summed E-state index contributed by atoms with van der Waals surface area (Å²) in [5, 5.41) is 10.8. The van der Waals surface area contributed by atoms with Gasteiger partial charge in [0.15, 0.2) is 0 Å². The van der Waals surface area contributed by atoms with E-state index in [1.165, 1.54) is 32.1 Å². The zero-order valence-corrected chi connectivity index (χ0v) is 23.8. The predicted molar refractivity (Wildman–Crippen MR) is 147 cm³/mol. The molecule has 0 radical (unpaired) electrons. The van der Waals surface area contributed by atoms with Gasteiger partial charge in [-0.15, -0.1) is 0 Å². The highest BCUT2D eigenvalue weighted by Crippen LogP contribution is 2.67. The molecule has 6 heteroatoms. The Labute approximate surface area is 224 Å². The van der Waals surface area contributed by atoms with Crippen molar-refractivity contribution in [2.75, 3.05) is 33.3 Å². The van der Waals surface area contributed by atoms with E-state index in [9.17, 15) is 9.90 Å². The van der Waals surface area contributed by atoms with Crippen LogP contribution in [0.5, 0.6) is 0 Å². The maximum absolute atomic E-state index is 13.0. The number of methoxy groups -OCH3 is 1. The van der Waals surface area contributed by atoms with Crippen molar-refractivity contribution < 1.29 is 14.6 Å². The molecule has 4 aliphatic carbocycles. The minimum absolute atomic E-state index is 0.124. The van der Waals surface area contributed by atoms with Gasteiger partial charge >= 0.3 is 0 Å². The van der Waals surface area contributed by atoms with Crippen LogP contribution in [0.4, 0.5) is 0 Å². The molecule has 1 saturated heterocycles. The molecule has 1 N–H and O–H groups in total. The van der Waals surface area contributed by atoms with E-state index in [2.05, 4.69) is 31.7 Å². The van der Waals surface area contributed by atoms with Crippen LogP contribution in [-0.2, 0) is 9.53 Å². The lowest BCUT2D eigenvalue weighted by Gasteiger charge is -2.58. The standard InChI is InChI=1S/C30H48N2O3S/c1-20(5-10-27(34)31-15-17-32(18-16-31)28(36)35-4)24-8-9-25-23-7-6-21-19-22(33)11-13-29(21,2)26(23)12-14-30(24,25)3/h6,20,22-26,33H,5,7-19H2,1-4H3/t20?,22-,23-,24+,25-,26-,29-,30+/m0/s1. The Kier molecular flexibility index (Phi) is 7.50. The molecule has 3 saturated carbocycles. The van der Waals surface area contributed by atoms with Crippen molar-refractivity contribution in [3.63, 3.8) is 0 Å². The third kappa shape index (κ3) is 4.52. The minimum Gasteiger partial charge on any atom is -0.474 e. The monoisotopic (exact) mass is 516 g/mol. The minimum atomic E-state index is -0.124. The van der Waals surface area contributed by atoms with E-state index in [4.69, 9.17) is 17.0 Å². The Balaban J connectivity index is 1.18. The number of hydrogen-bond acceptors (Lipinski definition) is 4. The molecule has 5 rings (SSSR count). The molecular weight excluding hydrogens is 468 g/mol. The fourth-order valence-corrected chi connectivity index (χ4v) is 9.78. The number of nitrogens with zero attached hydrogens (tertiary/aromatic N) is 2. The van der Waals surface area contributed by atoms with Crippen molar-refractivity contribution >= 4 is 23.3 Å². The number of allylic oxidation sites excluding steroid dienone is 1. The van der Waals surface area contributed by atoms with Crippen LogP contribution in [0.25, 0.3) is 0 Å². The van der Waals surface area contributed by atoms with Gasteiger partial charge in [-0.25, -0.2) is 0 Å². The van der Waals surface area contributed by atoms with Crippen molar-refractivity contribution in [1.82, 2.24) is 9.80 Å². The quantitative estimate of drug-likeness (QED) is 0.400. The Morgan fingerprint density at radius 2 is 1.83 bits per heavy atom. The summed E-state index contributed by atoms with van der Waals surface area (Å²) in [4.78, 5) is 17.1. The van der Waals surface area contributed by atoms with Crippen molar-refractivity contribution in [1.29, 1.82) is 0 Å². The molecule has 0 aromatic heterocycles. The van der Waals surface area contributed by atoms with Gasteiger partial charge in [-0.1, -0.05) is 32.4 Å². The van der Waals surface area contributed by atoms with Gasteiger partial charge in [0, 0.05) is 32.6 Å². The van der Waals surface area contributed by atoms with Gasteiger partial charge < -0.3 is 19.6 Å². The Morgan fingerprint density at radius 1 is 1.11 bits per heavy atom. The van der Waals surface area contributed by atoms with Crippen LogP contribution in [-0.4, -0.2) is 65.4 Å². The van der Waals surface area contributed by atoms with Crippen molar-refractivity contribution in [3.05, 3.63) is 11.6 Å². The lowest BCUT2D eigenvalue weighted by Crippen LogP contribution is -2.51. The van der Waals surface area contributed by atoms with E-state index in [1.54, 1.807) is 12.7 Å². The first kappa shape index (κ1) is 26.5. The molecule has 0 spiro atoms. The fourth-order valence-electron chi connectivity index (χ4n) is 9.59. The SMILES string of the molecule is COC(=S)N1CCN(C(=O)CCC(C)[C@H]2CC[C@H]3[C@@H]4CC=C5C[C@@H](O)CC[C@]5(C)[C@H]4CC[C@]23C)CC1. The molecule has 1 unspecified atom stereocenters. The van der Waals surface area contributed by atoms with E-state index in [-0.39, 0.29) is 6.10 Å². The van der Waals surface area contributed by atoms with Gasteiger partial charge in [-0.3, -0.25) is 4.79 Å². The molecule has 5 aliphatic rings. The topological polar surface area (TPSA) is 53.0 Å². The van der Waals surface area contributed by atoms with Crippen LogP contribution in [0, 0.1) is 40.4 Å². The molecule has 0 aromatic carbocycles. The molecule has 202 valence electrons. The second-order valence-electron chi connectivity index (χ2n) is 13.2. The summed E-state index contributed by atoms with van der Waals surface area (Å²) in [5.74, 6) is 4.06. The molecule has 8 atom stereocenters. The molecule has 1 amide bonds. The number of piperazine rings is 1. The van der Waals surface area contributed by atoms with E-state index in [1.807, 2.05) is 4.90 Å². The van der Waals surface area contributed by atoms with Crippen molar-refractivity contribution in [2.24, 2.45) is 40.4 Å². The van der Waals surface area contributed by atoms with Crippen molar-refractivity contribution in [2.45, 2.75) is 91.1 Å². The van der Waals surface area contributed by atoms with Gasteiger partial charge in [-0.2, -0.15) is 0 Å². The first-order chi connectivity index (χ1) is 17.2. The molecule has 1 aliphatic heterocycles. The molecule has 0 bridgehead atoms. The molecular formula is C30H48N2O3S. The largest absolute Gasteiger partial charge is 0.474 e. The summed E-state index contributed by atoms with van der Waals surface area (Å²) in [6.45, 7) is 10.6. The third-order valence-corrected chi connectivity index (χ3v) is 12.1. The molecule has 36 heavy (non-hydrogen) atoms. The summed E-state index contributed by atoms with van der Waals surface area (Å²) < 4.78 is 5.18. The fraction of sp³-hybridized carbons (Fsp3) is 0.867. The van der Waals surface area contributed by atoms with Gasteiger partial charge in [-0.05, 0) is 110 Å². The van der Waals surface area contributed by atoms with Gasteiger partial charge in [0.05, 0.1) is 13.2 Å². The highest BCUT2D eigenvalue weighted by atomic mass is 32.1. The lowest BCUT2D eigenvalue weighted by molar-refractivity contribution is -0.133. The summed E-state index contributed by atoms with van der Waals surface area (Å²) in [6.07, 6.45) is 13.8. The Morgan fingerprint density at radius 3 is 2.56 bits per heavy atom. The summed E-state index contributed by atoms with van der Waals surface area (Å²) in [7, 11) is 1.62. The second-order valence-corrected chi connectivity index (χ2v) is 13.6. The number of ether oxygens (including phenoxy) is 1. The van der Waals surface area contributed by atoms with Crippen LogP contribution in [0.1, 0.15) is 85.0 Å². The zero-order chi connectivity index (χ0) is 25.7. The molecule has 0 aromatic rings. The second kappa shape index (κ2) is 10.2. The summed E-state index contributed by atoms with van der Waals surface area (Å²) in [5.41, 5.74) is 2.30. The van der Waals surface area contributed by atoms with Crippen LogP contribution in [0.15, 0.2) is 11.6 Å². The number of carbonyl (C=O) groups excluding carboxylic acids is 1. The Bertz CT molecular complexity index is 883. The number of thiocarbonyl (C=S) groups is 1. The van der Waals surface area contributed by atoms with Gasteiger partial charge in [0.1, 0.15) is 0 Å². The number of aliphatic hydroxyl groups is 1. The van der Waals surface area contributed by atoms with Crippen LogP contribution >= 0.6 is 12.2 Å². The third-order valence-electron chi connectivity index (χ3n) is 11.7. The van der Waals surface area contributed by atoms with E-state index >= 15 is 0 Å². The number of aliphatic hydroxyl groups excluding tert-OH is 1. The highest BCUT2D eigenvalue weighted by molar-refractivity contribution is 7.80. The lowest BCUT2D eigenvalue weighted by atomic mass is 9.47. The molecule has 1 heterocycles. The summed E-state index contributed by atoms with van der Waals surface area (Å²) in [6, 6.07) is 0. The van der Waals surface area contributed by atoms with Crippen molar-refractivity contribution in [3.8, 4) is 0 Å². The predicted octanol–water partition coefficient (Wildman–Crippen LogP) is 5.42. The maximum Gasteiger partial charge on any atom is 0.259 e. The first-order valence-electron chi connectivity index (χ1n) is 14.7. The molecule has 5 nitrogen and oxygen atoms in total. The van der Waals surface area contributed by atoms with Crippen LogP contribution in [0.2, 0.25) is 0 Å². The normalized spacial score (nSPS) is 41.0. The number of amides is 1. The average molecular weight is 517 g/mol. The first-order valence-corrected chi connectivity index (χ1v) is 15.1. The number of carbonyl (C=O) groups is 1. The number of rotatable bonds is 4. The van der Waals surface area contributed by atoms with E-state index < -0.39 is 0 Å². The zero-order valence-electron chi connectivity index (χ0n) is 23.0. The Hall–Kier alpha value is -1.14. The van der Waals surface area contributed by atoms with E-state index in [0.29, 0.717) is 34.3 Å². The van der Waals surface area contributed by atoms with Gasteiger partial charge in [0.25, 0.3) is 5.17 Å². The average Bonchev–Trinajstić information content (AvgIpc) is 3.24. The number of hydrogen-bond donors (Lipinski definition) is 1. The summed E-state index contributed by atoms with van der Waals surface area (Å²) >= 11 is 5.24. The number of fused-ring (bicyclic) bond motifs is 5. The highest BCUT2D eigenvalue weighted by Gasteiger charge is 2.59. The van der Waals surface area contributed by atoms with Crippen LogP contribution < -0.4 is 0 Å². The molecule has 4 fully saturated rings.